The van der Waals surface area contributed by atoms with Crippen LogP contribution in [-0.2, 0) is 4.79 Å². The van der Waals surface area contributed by atoms with Gasteiger partial charge in [0.05, 0.1) is 0 Å². The van der Waals surface area contributed by atoms with Crippen LogP contribution in [0.4, 0.5) is 8.78 Å². The van der Waals surface area contributed by atoms with E-state index in [1.807, 2.05) is 6.07 Å². The molecule has 2 atom stereocenters. The Bertz CT molecular complexity index is 706. The van der Waals surface area contributed by atoms with Gasteiger partial charge in [-0.2, -0.15) is 5.10 Å². The molecule has 0 aliphatic carbocycles. The van der Waals surface area contributed by atoms with E-state index in [1.54, 1.807) is 18.0 Å². The quantitative estimate of drug-likeness (QED) is 0.935. The summed E-state index contributed by atoms with van der Waals surface area (Å²) in [7, 11) is 0. The van der Waals surface area contributed by atoms with E-state index >= 15 is 0 Å². The van der Waals surface area contributed by atoms with Gasteiger partial charge in [-0.25, -0.2) is 8.78 Å². The van der Waals surface area contributed by atoms with Crippen LogP contribution in [-0.4, -0.2) is 40.2 Å². The third-order valence-electron chi connectivity index (χ3n) is 4.25. The molecule has 5 nitrogen and oxygen atoms in total. The molecule has 0 radical (unpaired) electrons. The number of H-pyrrole nitrogens is 1. The van der Waals surface area contributed by atoms with Gasteiger partial charge in [-0.1, -0.05) is 0 Å². The second-order valence-electron chi connectivity index (χ2n) is 5.97. The molecule has 1 aliphatic heterocycles. The first kappa shape index (κ1) is 16.4. The predicted octanol–water partition coefficient (Wildman–Crippen LogP) is 2.86. The van der Waals surface area contributed by atoms with Gasteiger partial charge in [0.2, 0.25) is 0 Å². The number of carbonyl (C=O) groups excluding carboxylic acids is 1. The van der Waals surface area contributed by atoms with Crippen molar-refractivity contribution in [3.8, 4) is 5.75 Å². The first-order valence-corrected chi connectivity index (χ1v) is 7.94. The summed E-state index contributed by atoms with van der Waals surface area (Å²) < 4.78 is 31.7. The second-order valence-corrected chi connectivity index (χ2v) is 5.97. The summed E-state index contributed by atoms with van der Waals surface area (Å²) >= 11 is 0. The summed E-state index contributed by atoms with van der Waals surface area (Å²) in [5, 5.41) is 6.90. The largest absolute Gasteiger partial charge is 0.481 e. The van der Waals surface area contributed by atoms with E-state index in [0.717, 1.165) is 30.7 Å². The smallest absolute Gasteiger partial charge is 0.263 e. The Balaban J connectivity index is 1.63. The van der Waals surface area contributed by atoms with Gasteiger partial charge in [0.15, 0.2) is 17.7 Å². The molecule has 1 amide bonds. The number of piperidine rings is 1. The second kappa shape index (κ2) is 6.98. The average Bonchev–Trinajstić information content (AvgIpc) is 3.12. The number of amides is 1. The molecule has 0 unspecified atom stereocenters. The minimum atomic E-state index is -0.996. The van der Waals surface area contributed by atoms with E-state index < -0.39 is 17.7 Å². The molecule has 1 fully saturated rings. The molecule has 1 aromatic carbocycles. The van der Waals surface area contributed by atoms with E-state index in [9.17, 15) is 13.6 Å². The standard InChI is InChI=1S/C17H19F2N3O2/c1-11(24-13-4-5-14(18)15(19)9-13)17(23)22-8-2-3-12(10-22)16-6-7-20-21-16/h4-7,9,11-12H,2-3,8,10H2,1H3,(H,20,21)/t11-,12-/m1/s1. The van der Waals surface area contributed by atoms with Crippen LogP contribution in [0.5, 0.6) is 5.75 Å². The van der Waals surface area contributed by atoms with Crippen LogP contribution in [0.2, 0.25) is 0 Å². The summed E-state index contributed by atoms with van der Waals surface area (Å²) in [6, 6.07) is 5.16. The monoisotopic (exact) mass is 335 g/mol. The third kappa shape index (κ3) is 3.55. The summed E-state index contributed by atoms with van der Waals surface area (Å²) in [5.74, 6) is -1.74. The number of benzene rings is 1. The zero-order valence-corrected chi connectivity index (χ0v) is 13.3. The van der Waals surface area contributed by atoms with Gasteiger partial charge >= 0.3 is 0 Å². The van der Waals surface area contributed by atoms with Crippen molar-refractivity contribution in [1.29, 1.82) is 0 Å². The lowest BCUT2D eigenvalue weighted by Gasteiger charge is -2.33. The predicted molar refractivity (Wildman–Crippen MR) is 83.6 cm³/mol. The van der Waals surface area contributed by atoms with E-state index in [-0.39, 0.29) is 17.6 Å². The highest BCUT2D eigenvalue weighted by Gasteiger charge is 2.29. The molecular formula is C17H19F2N3O2. The maximum Gasteiger partial charge on any atom is 0.263 e. The Hall–Kier alpha value is -2.44. The number of carbonyl (C=O) groups is 1. The lowest BCUT2D eigenvalue weighted by atomic mass is 9.94. The first-order chi connectivity index (χ1) is 11.5. The number of ether oxygens (including phenoxy) is 1. The lowest BCUT2D eigenvalue weighted by molar-refractivity contribution is -0.139. The zero-order chi connectivity index (χ0) is 17.1. The van der Waals surface area contributed by atoms with Gasteiger partial charge in [0.25, 0.3) is 5.91 Å². The van der Waals surface area contributed by atoms with Gasteiger partial charge in [-0.15, -0.1) is 0 Å². The fraction of sp³-hybridized carbons (Fsp3) is 0.412. The molecule has 3 rings (SSSR count). The lowest BCUT2D eigenvalue weighted by Crippen LogP contribution is -2.45. The molecule has 0 bridgehead atoms. The molecule has 2 heterocycles. The molecule has 1 aromatic heterocycles. The van der Waals surface area contributed by atoms with E-state index in [1.165, 1.54) is 6.07 Å². The minimum absolute atomic E-state index is 0.136. The van der Waals surface area contributed by atoms with Crippen molar-refractivity contribution in [2.75, 3.05) is 13.1 Å². The van der Waals surface area contributed by atoms with Crippen LogP contribution < -0.4 is 4.74 Å². The van der Waals surface area contributed by atoms with Crippen molar-refractivity contribution in [2.45, 2.75) is 31.8 Å². The number of aromatic amines is 1. The summed E-state index contributed by atoms with van der Waals surface area (Å²) in [4.78, 5) is 14.3. The molecule has 1 saturated heterocycles. The van der Waals surface area contributed by atoms with Gasteiger partial charge in [0, 0.05) is 37.0 Å². The third-order valence-corrected chi connectivity index (χ3v) is 4.25. The summed E-state index contributed by atoms with van der Waals surface area (Å²) in [6.07, 6.45) is 2.82. The van der Waals surface area contributed by atoms with Crippen molar-refractivity contribution in [3.05, 3.63) is 47.8 Å². The van der Waals surface area contributed by atoms with Crippen LogP contribution in [0.3, 0.4) is 0 Å². The van der Waals surface area contributed by atoms with Gasteiger partial charge in [-0.3, -0.25) is 9.89 Å². The Morgan fingerprint density at radius 1 is 1.38 bits per heavy atom. The number of likely N-dealkylation sites (tertiary alicyclic amines) is 1. The van der Waals surface area contributed by atoms with Crippen LogP contribution in [0.15, 0.2) is 30.5 Å². The number of nitrogens with one attached hydrogen (secondary N) is 1. The zero-order valence-electron chi connectivity index (χ0n) is 13.3. The molecule has 0 spiro atoms. The van der Waals surface area contributed by atoms with Gasteiger partial charge in [-0.05, 0) is 38.0 Å². The van der Waals surface area contributed by atoms with Crippen molar-refractivity contribution in [1.82, 2.24) is 15.1 Å². The molecule has 1 N–H and O–H groups in total. The Morgan fingerprint density at radius 2 is 2.21 bits per heavy atom. The number of rotatable bonds is 4. The van der Waals surface area contributed by atoms with Crippen LogP contribution in [0, 0.1) is 11.6 Å². The molecule has 24 heavy (non-hydrogen) atoms. The molecule has 7 heteroatoms. The van der Waals surface area contributed by atoms with E-state index in [0.29, 0.717) is 13.1 Å². The normalized spacial score (nSPS) is 19.1. The highest BCUT2D eigenvalue weighted by molar-refractivity contribution is 5.81. The van der Waals surface area contributed by atoms with Crippen molar-refractivity contribution in [2.24, 2.45) is 0 Å². The average molecular weight is 335 g/mol. The fourth-order valence-electron chi connectivity index (χ4n) is 2.99. The first-order valence-electron chi connectivity index (χ1n) is 7.94. The number of hydrogen-bond donors (Lipinski definition) is 1. The molecule has 2 aromatic rings. The molecule has 128 valence electrons. The number of aromatic nitrogens is 2. The van der Waals surface area contributed by atoms with Crippen LogP contribution in [0.1, 0.15) is 31.4 Å². The van der Waals surface area contributed by atoms with E-state index in [2.05, 4.69) is 10.2 Å². The van der Waals surface area contributed by atoms with E-state index in [4.69, 9.17) is 4.74 Å². The Morgan fingerprint density at radius 3 is 2.92 bits per heavy atom. The summed E-state index contributed by atoms with van der Waals surface area (Å²) in [6.45, 7) is 2.87. The van der Waals surface area contributed by atoms with Crippen molar-refractivity contribution >= 4 is 5.91 Å². The SMILES string of the molecule is C[C@@H](Oc1ccc(F)c(F)c1)C(=O)N1CCC[C@@H](c2ccn[nH]2)C1. The number of hydrogen-bond acceptors (Lipinski definition) is 3. The maximum atomic E-state index is 13.2. The minimum Gasteiger partial charge on any atom is -0.481 e. The highest BCUT2D eigenvalue weighted by atomic mass is 19.2. The van der Waals surface area contributed by atoms with Crippen LogP contribution in [0.25, 0.3) is 0 Å². The molecule has 0 saturated carbocycles. The van der Waals surface area contributed by atoms with Crippen LogP contribution >= 0.6 is 0 Å². The number of nitrogens with zero attached hydrogens (tertiary/aromatic N) is 2. The Kier molecular flexibility index (Phi) is 4.78. The van der Waals surface area contributed by atoms with Crippen molar-refractivity contribution in [3.63, 3.8) is 0 Å². The fourth-order valence-corrected chi connectivity index (χ4v) is 2.99. The molecular weight excluding hydrogens is 316 g/mol. The molecule has 1 aliphatic rings. The number of halogens is 2. The Labute approximate surface area is 138 Å². The van der Waals surface area contributed by atoms with Gasteiger partial charge < -0.3 is 9.64 Å². The van der Waals surface area contributed by atoms with Gasteiger partial charge in [0.1, 0.15) is 5.75 Å². The maximum absolute atomic E-state index is 13.2. The van der Waals surface area contributed by atoms with Crippen molar-refractivity contribution < 1.29 is 18.3 Å². The highest BCUT2D eigenvalue weighted by Crippen LogP contribution is 2.26. The topological polar surface area (TPSA) is 58.2 Å². The summed E-state index contributed by atoms with van der Waals surface area (Å²) in [5.41, 5.74) is 1.02.